The van der Waals surface area contributed by atoms with Crippen LogP contribution >= 0.6 is 0 Å². The molecule has 1 aromatic rings. The number of rotatable bonds is 4. The third-order valence-corrected chi connectivity index (χ3v) is 1.86. The number of ether oxygens (including phenoxy) is 1. The van der Waals surface area contributed by atoms with Crippen molar-refractivity contribution in [3.8, 4) is 5.75 Å². The maximum Gasteiger partial charge on any atom is 0.248 e. The van der Waals surface area contributed by atoms with Crippen LogP contribution in [-0.4, -0.2) is 12.5 Å². The Morgan fingerprint density at radius 3 is 2.80 bits per heavy atom. The summed E-state index contributed by atoms with van der Waals surface area (Å²) in [7, 11) is 0. The first kappa shape index (κ1) is 11.3. The molecule has 0 bridgehead atoms. The van der Waals surface area contributed by atoms with E-state index in [2.05, 4.69) is 0 Å². The van der Waals surface area contributed by atoms with Gasteiger partial charge in [-0.15, -0.1) is 0 Å². The van der Waals surface area contributed by atoms with Gasteiger partial charge in [0.1, 0.15) is 12.4 Å². The third-order valence-electron chi connectivity index (χ3n) is 1.86. The number of carbonyl (C=O) groups is 1. The number of benzene rings is 1. The van der Waals surface area contributed by atoms with Crippen LogP contribution in [0.2, 0.25) is 0 Å². The van der Waals surface area contributed by atoms with E-state index in [0.717, 1.165) is 0 Å². The van der Waals surface area contributed by atoms with Crippen molar-refractivity contribution in [1.29, 1.82) is 0 Å². The topological polar surface area (TPSA) is 52.3 Å². The quantitative estimate of drug-likeness (QED) is 0.765. The van der Waals surface area contributed by atoms with Crippen LogP contribution in [0.15, 0.2) is 35.9 Å². The van der Waals surface area contributed by atoms with Crippen molar-refractivity contribution in [3.63, 3.8) is 0 Å². The zero-order valence-electron chi connectivity index (χ0n) is 8.99. The third kappa shape index (κ3) is 3.85. The number of nitrogens with two attached hydrogens (primary N) is 1. The predicted octanol–water partition coefficient (Wildman–Crippen LogP) is 2.13. The fraction of sp³-hybridized carbons (Fsp3) is 0.250. The molecular formula is C12H15NO2. The lowest BCUT2D eigenvalue weighted by atomic mass is 10.2. The summed E-state index contributed by atoms with van der Waals surface area (Å²) in [6, 6.07) is 6.85. The minimum absolute atomic E-state index is 0.442. The average Bonchev–Trinajstić information content (AvgIpc) is 2.17. The number of hydrogen-bond donors (Lipinski definition) is 1. The zero-order chi connectivity index (χ0) is 11.3. The highest BCUT2D eigenvalue weighted by Crippen LogP contribution is 2.12. The maximum absolute atomic E-state index is 10.9. The minimum Gasteiger partial charge on any atom is -0.490 e. The molecule has 0 fully saturated rings. The molecule has 0 aliphatic carbocycles. The van der Waals surface area contributed by atoms with Gasteiger partial charge >= 0.3 is 0 Å². The van der Waals surface area contributed by atoms with Gasteiger partial charge in [0.05, 0.1) is 0 Å². The van der Waals surface area contributed by atoms with Gasteiger partial charge in [-0.3, -0.25) is 4.79 Å². The Morgan fingerprint density at radius 2 is 2.20 bits per heavy atom. The highest BCUT2D eigenvalue weighted by molar-refractivity contribution is 5.93. The van der Waals surface area contributed by atoms with E-state index in [9.17, 15) is 4.79 Å². The number of primary amides is 1. The molecule has 15 heavy (non-hydrogen) atoms. The van der Waals surface area contributed by atoms with Crippen LogP contribution in [0.3, 0.4) is 0 Å². The van der Waals surface area contributed by atoms with Gasteiger partial charge in [0, 0.05) is 5.56 Å². The van der Waals surface area contributed by atoms with E-state index < -0.39 is 5.91 Å². The number of allylic oxidation sites excluding steroid dienone is 1. The Bertz CT molecular complexity index is 379. The summed E-state index contributed by atoms with van der Waals surface area (Å²) in [5.74, 6) is 0.214. The fourth-order valence-electron chi connectivity index (χ4n) is 1.04. The van der Waals surface area contributed by atoms with Gasteiger partial charge in [-0.05, 0) is 38.1 Å². The molecule has 80 valence electrons. The number of carbonyl (C=O) groups excluding carboxylic acids is 1. The molecule has 1 rings (SSSR count). The van der Waals surface area contributed by atoms with Crippen molar-refractivity contribution in [2.75, 3.05) is 6.61 Å². The zero-order valence-corrected chi connectivity index (χ0v) is 8.99. The molecule has 0 aliphatic rings. The van der Waals surface area contributed by atoms with Crippen molar-refractivity contribution in [2.24, 2.45) is 5.73 Å². The van der Waals surface area contributed by atoms with Gasteiger partial charge in [-0.25, -0.2) is 0 Å². The molecule has 0 aliphatic heterocycles. The van der Waals surface area contributed by atoms with E-state index in [4.69, 9.17) is 10.5 Å². The molecule has 0 spiro atoms. The Hall–Kier alpha value is -1.77. The first-order chi connectivity index (χ1) is 7.09. The summed E-state index contributed by atoms with van der Waals surface area (Å²) in [6.45, 7) is 4.51. The minimum atomic E-state index is -0.442. The van der Waals surface area contributed by atoms with Crippen LogP contribution in [-0.2, 0) is 0 Å². The molecular weight excluding hydrogens is 190 g/mol. The molecule has 0 aromatic heterocycles. The van der Waals surface area contributed by atoms with E-state index in [-0.39, 0.29) is 0 Å². The van der Waals surface area contributed by atoms with Gasteiger partial charge in [-0.2, -0.15) is 0 Å². The molecule has 0 saturated heterocycles. The summed E-state index contributed by atoms with van der Waals surface area (Å²) < 4.78 is 5.42. The second-order valence-electron chi connectivity index (χ2n) is 3.48. The second-order valence-corrected chi connectivity index (χ2v) is 3.48. The lowest BCUT2D eigenvalue weighted by Crippen LogP contribution is -2.10. The molecule has 3 nitrogen and oxygen atoms in total. The summed E-state index contributed by atoms with van der Waals surface area (Å²) in [5, 5.41) is 0. The standard InChI is InChI=1S/C12H15NO2/c1-9(2)6-7-15-11-5-3-4-10(8-11)12(13)14/h3-6,8H,7H2,1-2H3,(H2,13,14). The maximum atomic E-state index is 10.9. The summed E-state index contributed by atoms with van der Waals surface area (Å²) in [4.78, 5) is 10.9. The Morgan fingerprint density at radius 1 is 1.47 bits per heavy atom. The first-order valence-corrected chi connectivity index (χ1v) is 4.75. The molecule has 0 unspecified atom stereocenters. The van der Waals surface area contributed by atoms with E-state index >= 15 is 0 Å². The largest absolute Gasteiger partial charge is 0.490 e. The lowest BCUT2D eigenvalue weighted by Gasteiger charge is -2.04. The van der Waals surface area contributed by atoms with Gasteiger partial charge in [0.2, 0.25) is 5.91 Å². The van der Waals surface area contributed by atoms with Crippen LogP contribution in [0.25, 0.3) is 0 Å². The van der Waals surface area contributed by atoms with E-state index in [1.54, 1.807) is 24.3 Å². The van der Waals surface area contributed by atoms with Crippen LogP contribution in [0, 0.1) is 0 Å². The predicted molar refractivity (Wildman–Crippen MR) is 59.9 cm³/mol. The van der Waals surface area contributed by atoms with Crippen LogP contribution in [0.1, 0.15) is 24.2 Å². The lowest BCUT2D eigenvalue weighted by molar-refractivity contribution is 0.1000. The SMILES string of the molecule is CC(C)=CCOc1cccc(C(N)=O)c1. The molecule has 0 atom stereocenters. The fourth-order valence-corrected chi connectivity index (χ4v) is 1.04. The molecule has 0 radical (unpaired) electrons. The van der Waals surface area contributed by atoms with Crippen LogP contribution < -0.4 is 10.5 Å². The Balaban J connectivity index is 2.66. The van der Waals surface area contributed by atoms with E-state index in [1.807, 2.05) is 19.9 Å². The first-order valence-electron chi connectivity index (χ1n) is 4.75. The highest BCUT2D eigenvalue weighted by Gasteiger charge is 2.00. The normalized spacial score (nSPS) is 9.47. The molecule has 1 amide bonds. The smallest absolute Gasteiger partial charge is 0.248 e. The summed E-state index contributed by atoms with van der Waals surface area (Å²) in [5.41, 5.74) is 6.81. The van der Waals surface area contributed by atoms with Crippen molar-refractivity contribution in [2.45, 2.75) is 13.8 Å². The van der Waals surface area contributed by atoms with Crippen molar-refractivity contribution in [3.05, 3.63) is 41.5 Å². The summed E-state index contributed by atoms with van der Waals surface area (Å²) >= 11 is 0. The van der Waals surface area contributed by atoms with Crippen molar-refractivity contribution >= 4 is 5.91 Å². The molecule has 3 heteroatoms. The van der Waals surface area contributed by atoms with Crippen LogP contribution in [0.4, 0.5) is 0 Å². The van der Waals surface area contributed by atoms with Gasteiger partial charge in [0.25, 0.3) is 0 Å². The van der Waals surface area contributed by atoms with E-state index in [0.29, 0.717) is 17.9 Å². The Labute approximate surface area is 89.5 Å². The monoisotopic (exact) mass is 205 g/mol. The summed E-state index contributed by atoms with van der Waals surface area (Å²) in [6.07, 6.45) is 1.97. The van der Waals surface area contributed by atoms with Crippen molar-refractivity contribution < 1.29 is 9.53 Å². The molecule has 0 heterocycles. The van der Waals surface area contributed by atoms with Gasteiger partial charge in [-0.1, -0.05) is 11.6 Å². The van der Waals surface area contributed by atoms with E-state index in [1.165, 1.54) is 5.57 Å². The second kappa shape index (κ2) is 5.20. The number of amides is 1. The van der Waals surface area contributed by atoms with Crippen molar-refractivity contribution in [1.82, 2.24) is 0 Å². The highest BCUT2D eigenvalue weighted by atomic mass is 16.5. The Kier molecular flexibility index (Phi) is 3.92. The van der Waals surface area contributed by atoms with Gasteiger partial charge in [0.15, 0.2) is 0 Å². The van der Waals surface area contributed by atoms with Gasteiger partial charge < -0.3 is 10.5 Å². The molecule has 0 saturated carbocycles. The number of hydrogen-bond acceptors (Lipinski definition) is 2. The van der Waals surface area contributed by atoms with Crippen LogP contribution in [0.5, 0.6) is 5.75 Å². The molecule has 2 N–H and O–H groups in total. The molecule has 1 aromatic carbocycles. The average molecular weight is 205 g/mol.